The monoisotopic (exact) mass is 389 g/mol. The van der Waals surface area contributed by atoms with E-state index in [9.17, 15) is 4.39 Å². The van der Waals surface area contributed by atoms with E-state index in [4.69, 9.17) is 11.6 Å². The Labute approximate surface area is 131 Å². The fraction of sp³-hybridized carbons (Fsp3) is 0.200. The fourth-order valence-corrected chi connectivity index (χ4v) is 2.85. The summed E-state index contributed by atoms with van der Waals surface area (Å²) in [7, 11) is 0. The molecule has 19 heavy (non-hydrogen) atoms. The SMILES string of the molecule is CCC(Nc1ccc(I)cc1Cl)c1cccc(F)c1. The summed E-state index contributed by atoms with van der Waals surface area (Å²) in [4.78, 5) is 0. The third kappa shape index (κ3) is 3.83. The van der Waals surface area contributed by atoms with Gasteiger partial charge in [-0.2, -0.15) is 0 Å². The van der Waals surface area contributed by atoms with Crippen molar-refractivity contribution < 1.29 is 4.39 Å². The van der Waals surface area contributed by atoms with E-state index in [2.05, 4.69) is 34.8 Å². The number of rotatable bonds is 4. The van der Waals surface area contributed by atoms with Crippen molar-refractivity contribution in [2.75, 3.05) is 5.32 Å². The van der Waals surface area contributed by atoms with E-state index in [1.807, 2.05) is 24.3 Å². The molecule has 0 spiro atoms. The Hall–Kier alpha value is -0.810. The zero-order valence-corrected chi connectivity index (χ0v) is 13.4. The molecule has 0 aromatic heterocycles. The van der Waals surface area contributed by atoms with Gasteiger partial charge in [-0.1, -0.05) is 30.7 Å². The second-order valence-electron chi connectivity index (χ2n) is 4.28. The lowest BCUT2D eigenvalue weighted by atomic mass is 10.0. The Morgan fingerprint density at radius 1 is 1.26 bits per heavy atom. The van der Waals surface area contributed by atoms with Gasteiger partial charge in [0.2, 0.25) is 0 Å². The van der Waals surface area contributed by atoms with E-state index in [0.29, 0.717) is 5.02 Å². The van der Waals surface area contributed by atoms with Crippen molar-refractivity contribution >= 4 is 39.9 Å². The predicted octanol–water partition coefficient (Wildman–Crippen LogP) is 5.65. The molecule has 0 aliphatic heterocycles. The molecule has 1 N–H and O–H groups in total. The first-order chi connectivity index (χ1) is 9.10. The summed E-state index contributed by atoms with van der Waals surface area (Å²) in [6.45, 7) is 2.06. The highest BCUT2D eigenvalue weighted by molar-refractivity contribution is 14.1. The van der Waals surface area contributed by atoms with Gasteiger partial charge < -0.3 is 5.32 Å². The number of anilines is 1. The lowest BCUT2D eigenvalue weighted by molar-refractivity contribution is 0.621. The van der Waals surface area contributed by atoms with E-state index >= 15 is 0 Å². The smallest absolute Gasteiger partial charge is 0.123 e. The van der Waals surface area contributed by atoms with Gasteiger partial charge in [-0.3, -0.25) is 0 Å². The highest BCUT2D eigenvalue weighted by Gasteiger charge is 2.11. The Morgan fingerprint density at radius 2 is 2.05 bits per heavy atom. The molecule has 0 heterocycles. The van der Waals surface area contributed by atoms with Crippen molar-refractivity contribution in [2.45, 2.75) is 19.4 Å². The molecule has 0 saturated heterocycles. The largest absolute Gasteiger partial charge is 0.377 e. The number of benzene rings is 2. The zero-order valence-electron chi connectivity index (χ0n) is 10.5. The average molecular weight is 390 g/mol. The van der Waals surface area contributed by atoms with Gasteiger partial charge in [0, 0.05) is 3.57 Å². The molecule has 2 aromatic carbocycles. The van der Waals surface area contributed by atoms with Gasteiger partial charge in [-0.05, 0) is 64.9 Å². The molecule has 2 rings (SSSR count). The average Bonchev–Trinajstić information content (AvgIpc) is 2.38. The molecule has 0 aliphatic carbocycles. The first-order valence-corrected chi connectivity index (χ1v) is 7.53. The summed E-state index contributed by atoms with van der Waals surface area (Å²) < 4.78 is 14.4. The van der Waals surface area contributed by atoms with Crippen LogP contribution in [0.3, 0.4) is 0 Å². The molecule has 2 aromatic rings. The van der Waals surface area contributed by atoms with Gasteiger partial charge in [-0.15, -0.1) is 0 Å². The maximum absolute atomic E-state index is 13.3. The third-order valence-corrected chi connectivity index (χ3v) is 3.90. The number of hydrogen-bond acceptors (Lipinski definition) is 1. The molecule has 1 unspecified atom stereocenters. The number of hydrogen-bond donors (Lipinski definition) is 1. The van der Waals surface area contributed by atoms with Crippen LogP contribution in [0.2, 0.25) is 5.02 Å². The van der Waals surface area contributed by atoms with Crippen molar-refractivity contribution in [3.8, 4) is 0 Å². The molecule has 4 heteroatoms. The maximum Gasteiger partial charge on any atom is 0.123 e. The van der Waals surface area contributed by atoms with Crippen molar-refractivity contribution in [1.82, 2.24) is 0 Å². The first kappa shape index (κ1) is 14.6. The predicted molar refractivity (Wildman–Crippen MR) is 87.2 cm³/mol. The van der Waals surface area contributed by atoms with Gasteiger partial charge in [0.25, 0.3) is 0 Å². The molecular formula is C15H14ClFIN. The second kappa shape index (κ2) is 6.57. The highest BCUT2D eigenvalue weighted by atomic mass is 127. The van der Waals surface area contributed by atoms with Crippen LogP contribution in [-0.2, 0) is 0 Å². The Kier molecular flexibility index (Phi) is 5.05. The molecule has 0 amide bonds. The molecule has 0 radical (unpaired) electrons. The van der Waals surface area contributed by atoms with E-state index in [0.717, 1.165) is 21.2 Å². The Morgan fingerprint density at radius 3 is 2.68 bits per heavy atom. The zero-order chi connectivity index (χ0) is 13.8. The third-order valence-electron chi connectivity index (χ3n) is 2.92. The summed E-state index contributed by atoms with van der Waals surface area (Å²) in [5, 5.41) is 4.05. The second-order valence-corrected chi connectivity index (χ2v) is 5.94. The molecule has 0 fully saturated rings. The Bertz CT molecular complexity index is 574. The highest BCUT2D eigenvalue weighted by Crippen LogP contribution is 2.29. The van der Waals surface area contributed by atoms with Crippen LogP contribution in [0.1, 0.15) is 24.9 Å². The summed E-state index contributed by atoms with van der Waals surface area (Å²) in [5.41, 5.74) is 1.80. The van der Waals surface area contributed by atoms with Gasteiger partial charge in [-0.25, -0.2) is 4.39 Å². The minimum atomic E-state index is -0.216. The summed E-state index contributed by atoms with van der Waals surface area (Å²) >= 11 is 8.43. The summed E-state index contributed by atoms with van der Waals surface area (Å²) in [5.74, 6) is -0.216. The van der Waals surface area contributed by atoms with Crippen molar-refractivity contribution in [2.24, 2.45) is 0 Å². The number of halogens is 3. The topological polar surface area (TPSA) is 12.0 Å². The van der Waals surface area contributed by atoms with Gasteiger partial charge >= 0.3 is 0 Å². The van der Waals surface area contributed by atoms with Crippen LogP contribution < -0.4 is 5.32 Å². The van der Waals surface area contributed by atoms with Crippen LogP contribution in [0.5, 0.6) is 0 Å². The lowest BCUT2D eigenvalue weighted by Gasteiger charge is -2.20. The van der Waals surface area contributed by atoms with Crippen LogP contribution in [0.15, 0.2) is 42.5 Å². The standard InChI is InChI=1S/C15H14ClFIN/c1-2-14(10-4-3-5-11(17)8-10)19-15-7-6-12(18)9-13(15)16/h3-9,14,19H,2H2,1H3. The van der Waals surface area contributed by atoms with Crippen LogP contribution >= 0.6 is 34.2 Å². The normalized spacial score (nSPS) is 12.2. The minimum absolute atomic E-state index is 0.0493. The number of nitrogens with one attached hydrogen (secondary N) is 1. The quantitative estimate of drug-likeness (QED) is 0.667. The van der Waals surface area contributed by atoms with Crippen molar-refractivity contribution in [3.05, 3.63) is 62.4 Å². The minimum Gasteiger partial charge on any atom is -0.377 e. The summed E-state index contributed by atoms with van der Waals surface area (Å²) in [6.07, 6.45) is 0.853. The molecule has 1 nitrogen and oxygen atoms in total. The van der Waals surface area contributed by atoms with Crippen LogP contribution in [0.25, 0.3) is 0 Å². The Balaban J connectivity index is 2.24. The van der Waals surface area contributed by atoms with E-state index in [1.165, 1.54) is 6.07 Å². The van der Waals surface area contributed by atoms with Crippen LogP contribution in [0, 0.1) is 9.39 Å². The summed E-state index contributed by atoms with van der Waals surface area (Å²) in [6, 6.07) is 12.6. The molecular weight excluding hydrogens is 376 g/mol. The maximum atomic E-state index is 13.3. The van der Waals surface area contributed by atoms with E-state index in [-0.39, 0.29) is 11.9 Å². The lowest BCUT2D eigenvalue weighted by Crippen LogP contribution is -2.10. The van der Waals surface area contributed by atoms with E-state index < -0.39 is 0 Å². The molecule has 0 aliphatic rings. The van der Waals surface area contributed by atoms with Crippen LogP contribution in [0.4, 0.5) is 10.1 Å². The molecule has 0 saturated carbocycles. The molecule has 100 valence electrons. The van der Waals surface area contributed by atoms with Gasteiger partial charge in [0.05, 0.1) is 16.8 Å². The van der Waals surface area contributed by atoms with Crippen molar-refractivity contribution in [1.29, 1.82) is 0 Å². The molecule has 0 bridgehead atoms. The first-order valence-electron chi connectivity index (χ1n) is 6.07. The van der Waals surface area contributed by atoms with Gasteiger partial charge in [0.1, 0.15) is 5.82 Å². The van der Waals surface area contributed by atoms with Gasteiger partial charge in [0.15, 0.2) is 0 Å². The fourth-order valence-electron chi connectivity index (χ4n) is 1.94. The molecule has 1 atom stereocenters. The van der Waals surface area contributed by atoms with E-state index in [1.54, 1.807) is 12.1 Å². The van der Waals surface area contributed by atoms with Crippen LogP contribution in [-0.4, -0.2) is 0 Å². The van der Waals surface area contributed by atoms with Crippen molar-refractivity contribution in [3.63, 3.8) is 0 Å².